The molecule has 0 saturated carbocycles. The highest BCUT2D eigenvalue weighted by atomic mass is 15.4. The minimum atomic E-state index is 0.882. The number of hydrazone groups is 1. The van der Waals surface area contributed by atoms with Crippen LogP contribution in [-0.2, 0) is 0 Å². The Labute approximate surface area is 197 Å². The van der Waals surface area contributed by atoms with Crippen LogP contribution in [-0.4, -0.2) is 12.8 Å². The lowest BCUT2D eigenvalue weighted by Crippen LogP contribution is -2.17. The normalized spacial score (nSPS) is 11.0. The number of rotatable bonds is 8. The van der Waals surface area contributed by atoms with Crippen molar-refractivity contribution in [2.75, 3.05) is 16.5 Å². The number of anilines is 4. The molecule has 0 aromatic heterocycles. The third-order valence-electron chi connectivity index (χ3n) is 5.57. The summed E-state index contributed by atoms with van der Waals surface area (Å²) in [5, 5.41) is 6.81. The Morgan fingerprint density at radius 2 is 1.09 bits per heavy atom. The number of benzene rings is 4. The molecule has 33 heavy (non-hydrogen) atoms. The first kappa shape index (κ1) is 22.3. The zero-order valence-electron chi connectivity index (χ0n) is 19.6. The Bertz CT molecular complexity index is 1120. The van der Waals surface area contributed by atoms with Gasteiger partial charge in [0, 0.05) is 23.6 Å². The van der Waals surface area contributed by atoms with Crippen molar-refractivity contribution in [3.05, 3.63) is 120 Å². The molecule has 0 amide bonds. The van der Waals surface area contributed by atoms with E-state index >= 15 is 0 Å². The van der Waals surface area contributed by atoms with Gasteiger partial charge in [0.05, 0.1) is 11.9 Å². The molecular formula is C30H31N3. The maximum atomic E-state index is 4.76. The Morgan fingerprint density at radius 3 is 1.58 bits per heavy atom. The molecule has 0 aliphatic rings. The number of hydrogen-bond donors (Lipinski definition) is 0. The highest BCUT2D eigenvalue weighted by Crippen LogP contribution is 2.34. The summed E-state index contributed by atoms with van der Waals surface area (Å²) in [5.74, 6) is 0. The molecule has 0 bridgehead atoms. The summed E-state index contributed by atoms with van der Waals surface area (Å²) in [7, 11) is 0. The van der Waals surface area contributed by atoms with Crippen LogP contribution in [0.1, 0.15) is 30.0 Å². The molecule has 4 aromatic carbocycles. The van der Waals surface area contributed by atoms with Crippen LogP contribution in [0.15, 0.2) is 108 Å². The van der Waals surface area contributed by atoms with E-state index in [1.165, 1.54) is 11.1 Å². The van der Waals surface area contributed by atoms with Crippen LogP contribution in [0.3, 0.4) is 0 Å². The minimum absolute atomic E-state index is 0.882. The molecule has 0 unspecified atom stereocenters. The van der Waals surface area contributed by atoms with Crippen molar-refractivity contribution >= 4 is 29.0 Å². The number of nitrogens with zero attached hydrogens (tertiary/aromatic N) is 3. The topological polar surface area (TPSA) is 18.8 Å². The van der Waals surface area contributed by atoms with Gasteiger partial charge in [0.25, 0.3) is 0 Å². The van der Waals surface area contributed by atoms with Crippen molar-refractivity contribution in [3.63, 3.8) is 0 Å². The summed E-state index contributed by atoms with van der Waals surface area (Å²) in [6.07, 6.45) is 2.97. The first-order valence-electron chi connectivity index (χ1n) is 11.5. The monoisotopic (exact) mass is 433 g/mol. The maximum absolute atomic E-state index is 4.76. The summed E-state index contributed by atoms with van der Waals surface area (Å²) in [4.78, 5) is 2.28. The van der Waals surface area contributed by atoms with E-state index in [4.69, 9.17) is 5.10 Å². The molecule has 0 aliphatic heterocycles. The van der Waals surface area contributed by atoms with E-state index in [1.54, 1.807) is 0 Å². The smallest absolute Gasteiger partial charge is 0.0593 e. The molecule has 4 rings (SSSR count). The summed E-state index contributed by atoms with van der Waals surface area (Å²) in [5.41, 5.74) is 8.09. The standard InChI is InChI=1S/C30H31N3/c1-4-22-32(27-8-6-5-7-9-27)31-23-26-14-20-30(21-15-26)33(28-16-10-24(2)11-17-28)29-18-12-25(3)13-19-29/h5-21,23H,4,22H2,1-3H3. The fraction of sp³-hybridized carbons (Fsp3) is 0.167. The second-order valence-electron chi connectivity index (χ2n) is 8.30. The average molecular weight is 434 g/mol. The zero-order chi connectivity index (χ0) is 23.0. The zero-order valence-corrected chi connectivity index (χ0v) is 19.6. The summed E-state index contributed by atoms with van der Waals surface area (Å²) >= 11 is 0. The first-order valence-corrected chi connectivity index (χ1v) is 11.5. The van der Waals surface area contributed by atoms with Crippen molar-refractivity contribution < 1.29 is 0 Å². The van der Waals surface area contributed by atoms with Crippen LogP contribution in [0, 0.1) is 13.8 Å². The Balaban J connectivity index is 1.61. The summed E-state index contributed by atoms with van der Waals surface area (Å²) < 4.78 is 0. The van der Waals surface area contributed by atoms with Crippen LogP contribution in [0.25, 0.3) is 0 Å². The largest absolute Gasteiger partial charge is 0.311 e. The molecule has 3 nitrogen and oxygen atoms in total. The maximum Gasteiger partial charge on any atom is 0.0593 e. The number of para-hydroxylation sites is 1. The van der Waals surface area contributed by atoms with Crippen LogP contribution >= 0.6 is 0 Å². The Hall–Kier alpha value is -3.85. The molecule has 0 N–H and O–H groups in total. The predicted molar refractivity (Wildman–Crippen MR) is 142 cm³/mol. The molecule has 4 aromatic rings. The van der Waals surface area contributed by atoms with Gasteiger partial charge >= 0.3 is 0 Å². The highest BCUT2D eigenvalue weighted by molar-refractivity contribution is 5.83. The lowest BCUT2D eigenvalue weighted by Gasteiger charge is -2.26. The average Bonchev–Trinajstić information content (AvgIpc) is 2.85. The molecule has 0 aliphatic carbocycles. The van der Waals surface area contributed by atoms with Gasteiger partial charge in [0.15, 0.2) is 0 Å². The van der Waals surface area contributed by atoms with E-state index in [2.05, 4.69) is 116 Å². The van der Waals surface area contributed by atoms with Gasteiger partial charge in [0.1, 0.15) is 0 Å². The number of aryl methyl sites for hydroxylation is 2. The second kappa shape index (κ2) is 10.6. The van der Waals surface area contributed by atoms with Crippen LogP contribution in [0.4, 0.5) is 22.7 Å². The van der Waals surface area contributed by atoms with Gasteiger partial charge in [-0.15, -0.1) is 0 Å². The fourth-order valence-electron chi connectivity index (χ4n) is 3.75. The van der Waals surface area contributed by atoms with E-state index in [0.29, 0.717) is 0 Å². The molecule has 0 spiro atoms. The van der Waals surface area contributed by atoms with Gasteiger partial charge in [0.2, 0.25) is 0 Å². The fourth-order valence-corrected chi connectivity index (χ4v) is 3.75. The first-order chi connectivity index (χ1) is 16.1. The molecule has 3 heteroatoms. The molecule has 0 fully saturated rings. The van der Waals surface area contributed by atoms with E-state index < -0.39 is 0 Å². The quantitative estimate of drug-likeness (QED) is 0.207. The van der Waals surface area contributed by atoms with Gasteiger partial charge in [-0.25, -0.2) is 0 Å². The molecule has 166 valence electrons. The van der Waals surface area contributed by atoms with Crippen molar-refractivity contribution in [1.82, 2.24) is 0 Å². The summed E-state index contributed by atoms with van der Waals surface area (Å²) in [6.45, 7) is 7.29. The Morgan fingerprint density at radius 1 is 0.606 bits per heavy atom. The van der Waals surface area contributed by atoms with Crippen LogP contribution in [0.2, 0.25) is 0 Å². The SMILES string of the molecule is CCCN(N=Cc1ccc(N(c2ccc(C)cc2)c2ccc(C)cc2)cc1)c1ccccc1. The number of hydrogen-bond acceptors (Lipinski definition) is 3. The third-order valence-corrected chi connectivity index (χ3v) is 5.57. The van der Waals surface area contributed by atoms with Gasteiger partial charge in [-0.3, -0.25) is 5.01 Å². The minimum Gasteiger partial charge on any atom is -0.311 e. The van der Waals surface area contributed by atoms with Crippen molar-refractivity contribution in [2.24, 2.45) is 5.10 Å². The van der Waals surface area contributed by atoms with Crippen molar-refractivity contribution in [1.29, 1.82) is 0 Å². The second-order valence-corrected chi connectivity index (χ2v) is 8.30. The van der Waals surface area contributed by atoms with Gasteiger partial charge in [-0.2, -0.15) is 5.10 Å². The molecule has 0 atom stereocenters. The Kier molecular flexibility index (Phi) is 7.21. The summed E-state index contributed by atoms with van der Waals surface area (Å²) in [6, 6.07) is 36.2. The van der Waals surface area contributed by atoms with E-state index in [0.717, 1.165) is 41.3 Å². The lowest BCUT2D eigenvalue weighted by molar-refractivity contribution is 0.809. The van der Waals surface area contributed by atoms with Crippen LogP contribution in [0.5, 0.6) is 0 Å². The molecule has 0 saturated heterocycles. The van der Waals surface area contributed by atoms with Crippen molar-refractivity contribution in [3.8, 4) is 0 Å². The van der Waals surface area contributed by atoms with Gasteiger partial charge < -0.3 is 4.90 Å². The third kappa shape index (κ3) is 5.69. The molecule has 0 heterocycles. The molecular weight excluding hydrogens is 402 g/mol. The van der Waals surface area contributed by atoms with Crippen molar-refractivity contribution in [2.45, 2.75) is 27.2 Å². The van der Waals surface area contributed by atoms with Gasteiger partial charge in [-0.05, 0) is 74.4 Å². The van der Waals surface area contributed by atoms with E-state index in [-0.39, 0.29) is 0 Å². The predicted octanol–water partition coefficient (Wildman–Crippen LogP) is 8.02. The van der Waals surface area contributed by atoms with E-state index in [1.807, 2.05) is 24.4 Å². The lowest BCUT2D eigenvalue weighted by atomic mass is 10.1. The highest BCUT2D eigenvalue weighted by Gasteiger charge is 2.12. The molecule has 0 radical (unpaired) electrons. The van der Waals surface area contributed by atoms with E-state index in [9.17, 15) is 0 Å². The van der Waals surface area contributed by atoms with Crippen LogP contribution < -0.4 is 9.91 Å². The van der Waals surface area contributed by atoms with Gasteiger partial charge in [-0.1, -0.05) is 72.6 Å².